The molecule has 3 heteroatoms. The van der Waals surface area contributed by atoms with Crippen LogP contribution in [0.3, 0.4) is 0 Å². The molecule has 0 N–H and O–H groups in total. The van der Waals surface area contributed by atoms with Gasteiger partial charge in [0.15, 0.2) is 0 Å². The molecule has 0 aromatic heterocycles. The van der Waals surface area contributed by atoms with Gasteiger partial charge >= 0.3 is 5.97 Å². The first-order valence-corrected chi connectivity index (χ1v) is 9.67. The van der Waals surface area contributed by atoms with Crippen LogP contribution in [-0.2, 0) is 4.74 Å². The van der Waals surface area contributed by atoms with Crippen molar-refractivity contribution in [2.75, 3.05) is 26.7 Å². The second-order valence-corrected chi connectivity index (χ2v) is 7.22. The van der Waals surface area contributed by atoms with E-state index in [0.29, 0.717) is 12.2 Å². The molecule has 2 aromatic rings. The number of piperidine rings is 1. The maximum absolute atomic E-state index is 12.3. The van der Waals surface area contributed by atoms with E-state index in [1.165, 1.54) is 22.3 Å². The number of esters is 1. The van der Waals surface area contributed by atoms with Gasteiger partial charge in [0.2, 0.25) is 0 Å². The Balaban J connectivity index is 1.91. The molecule has 0 saturated carbocycles. The third kappa shape index (κ3) is 3.47. The van der Waals surface area contributed by atoms with Crippen LogP contribution in [0.4, 0.5) is 0 Å². The average molecular weight is 359 g/mol. The largest absolute Gasteiger partial charge is 0.462 e. The first kappa shape index (κ1) is 17.7. The van der Waals surface area contributed by atoms with Crippen molar-refractivity contribution in [2.45, 2.75) is 19.8 Å². The topological polar surface area (TPSA) is 29.5 Å². The summed E-state index contributed by atoms with van der Waals surface area (Å²) < 4.78 is 5.23. The molecule has 0 amide bonds. The van der Waals surface area contributed by atoms with Crippen molar-refractivity contribution in [2.24, 2.45) is 0 Å². The number of nitrogens with zero attached hydrogens (tertiary/aromatic N) is 1. The maximum Gasteiger partial charge on any atom is 0.338 e. The number of hydrogen-bond acceptors (Lipinski definition) is 3. The minimum absolute atomic E-state index is 0.255. The summed E-state index contributed by atoms with van der Waals surface area (Å²) in [5.41, 5.74) is 8.17. The minimum Gasteiger partial charge on any atom is -0.462 e. The number of rotatable bonds is 2. The van der Waals surface area contributed by atoms with Gasteiger partial charge in [0.05, 0.1) is 12.2 Å². The molecule has 4 rings (SSSR count). The van der Waals surface area contributed by atoms with Crippen LogP contribution < -0.4 is 0 Å². The molecule has 1 fully saturated rings. The Kier molecular flexibility index (Phi) is 4.95. The van der Waals surface area contributed by atoms with Crippen LogP contribution in [0.2, 0.25) is 0 Å². The monoisotopic (exact) mass is 359 g/mol. The maximum atomic E-state index is 12.3. The summed E-state index contributed by atoms with van der Waals surface area (Å²) >= 11 is 0. The predicted molar refractivity (Wildman–Crippen MR) is 111 cm³/mol. The van der Waals surface area contributed by atoms with Crippen LogP contribution in [0.1, 0.15) is 52.4 Å². The Bertz CT molecular complexity index is 929. The fraction of sp³-hybridized carbons (Fsp3) is 0.292. The number of ether oxygens (including phenoxy) is 1. The van der Waals surface area contributed by atoms with Crippen molar-refractivity contribution in [1.29, 1.82) is 0 Å². The zero-order valence-corrected chi connectivity index (χ0v) is 16.0. The third-order valence-electron chi connectivity index (χ3n) is 5.45. The van der Waals surface area contributed by atoms with Crippen molar-refractivity contribution in [1.82, 2.24) is 4.90 Å². The number of likely N-dealkylation sites (tertiary alicyclic amines) is 1. The summed E-state index contributed by atoms with van der Waals surface area (Å²) in [6.07, 6.45) is 6.46. The van der Waals surface area contributed by atoms with Crippen LogP contribution in [0.15, 0.2) is 48.0 Å². The van der Waals surface area contributed by atoms with Crippen molar-refractivity contribution >= 4 is 23.7 Å². The van der Waals surface area contributed by atoms with E-state index >= 15 is 0 Å². The van der Waals surface area contributed by atoms with Gasteiger partial charge < -0.3 is 9.64 Å². The Morgan fingerprint density at radius 2 is 1.70 bits per heavy atom. The molecule has 1 aliphatic heterocycles. The molecule has 0 bridgehead atoms. The number of carbonyl (C=O) groups is 1. The summed E-state index contributed by atoms with van der Waals surface area (Å²) in [6.45, 7) is 4.37. The number of benzene rings is 2. The van der Waals surface area contributed by atoms with Gasteiger partial charge in [-0.15, -0.1) is 0 Å². The molecule has 0 atom stereocenters. The van der Waals surface area contributed by atoms with Crippen LogP contribution in [0, 0.1) is 0 Å². The first-order valence-electron chi connectivity index (χ1n) is 9.67. The molecule has 1 heterocycles. The van der Waals surface area contributed by atoms with Crippen molar-refractivity contribution in [3.63, 3.8) is 0 Å². The van der Waals surface area contributed by atoms with Gasteiger partial charge in [-0.1, -0.05) is 48.1 Å². The SMILES string of the molecule is CCOC(=O)c1ccc2c(c1)C(=C1CCN(C)CC1)c1ccccc1C=C2. The zero-order chi connectivity index (χ0) is 18.8. The lowest BCUT2D eigenvalue weighted by atomic mass is 9.85. The molecule has 2 aromatic carbocycles. The smallest absolute Gasteiger partial charge is 0.338 e. The Hall–Kier alpha value is -2.65. The van der Waals surface area contributed by atoms with E-state index in [9.17, 15) is 4.79 Å². The van der Waals surface area contributed by atoms with E-state index < -0.39 is 0 Å². The van der Waals surface area contributed by atoms with E-state index in [4.69, 9.17) is 4.74 Å². The average Bonchev–Trinajstić information content (AvgIpc) is 2.85. The van der Waals surface area contributed by atoms with Crippen LogP contribution in [0.5, 0.6) is 0 Å². The second-order valence-electron chi connectivity index (χ2n) is 7.22. The second kappa shape index (κ2) is 7.53. The van der Waals surface area contributed by atoms with Gasteiger partial charge in [0.25, 0.3) is 0 Å². The van der Waals surface area contributed by atoms with Gasteiger partial charge in [-0.25, -0.2) is 4.79 Å². The lowest BCUT2D eigenvalue weighted by Crippen LogP contribution is -2.27. The molecule has 2 aliphatic rings. The highest BCUT2D eigenvalue weighted by Gasteiger charge is 2.22. The quantitative estimate of drug-likeness (QED) is 0.611. The fourth-order valence-corrected chi connectivity index (χ4v) is 3.97. The molecule has 0 spiro atoms. The number of carbonyl (C=O) groups excluding carboxylic acids is 1. The lowest BCUT2D eigenvalue weighted by Gasteiger charge is -2.27. The number of hydrogen-bond donors (Lipinski definition) is 0. The summed E-state index contributed by atoms with van der Waals surface area (Å²) in [5.74, 6) is -0.255. The standard InChI is InChI=1S/C24H25NO2/c1-3-27-24(26)20-11-10-18-9-8-17-6-4-5-7-21(17)23(22(18)16-20)19-12-14-25(2)15-13-19/h4-11,16H,3,12-15H2,1-2H3. The molecule has 0 radical (unpaired) electrons. The van der Waals surface area contributed by atoms with E-state index in [2.05, 4.69) is 48.4 Å². The molecular weight excluding hydrogens is 334 g/mol. The summed E-state index contributed by atoms with van der Waals surface area (Å²) in [4.78, 5) is 14.7. The van der Waals surface area contributed by atoms with E-state index in [0.717, 1.165) is 37.1 Å². The highest BCUT2D eigenvalue weighted by atomic mass is 16.5. The Morgan fingerprint density at radius 1 is 1.00 bits per heavy atom. The van der Waals surface area contributed by atoms with E-state index in [-0.39, 0.29) is 5.97 Å². The predicted octanol–water partition coefficient (Wildman–Crippen LogP) is 4.87. The molecule has 1 saturated heterocycles. The van der Waals surface area contributed by atoms with Crippen molar-refractivity contribution < 1.29 is 9.53 Å². The summed E-state index contributed by atoms with van der Waals surface area (Å²) in [6, 6.07) is 14.5. The Labute approximate surface area is 161 Å². The number of fused-ring (bicyclic) bond motifs is 2. The normalized spacial score (nSPS) is 16.5. The van der Waals surface area contributed by atoms with Crippen LogP contribution >= 0.6 is 0 Å². The molecule has 27 heavy (non-hydrogen) atoms. The molecule has 1 aliphatic carbocycles. The third-order valence-corrected chi connectivity index (χ3v) is 5.45. The van der Waals surface area contributed by atoms with Gasteiger partial charge in [-0.3, -0.25) is 0 Å². The molecule has 138 valence electrons. The highest BCUT2D eigenvalue weighted by molar-refractivity contribution is 5.98. The van der Waals surface area contributed by atoms with Crippen molar-refractivity contribution in [3.05, 3.63) is 75.9 Å². The summed E-state index contributed by atoms with van der Waals surface area (Å²) in [5, 5.41) is 0. The Morgan fingerprint density at radius 3 is 2.44 bits per heavy atom. The van der Waals surface area contributed by atoms with E-state index in [1.807, 2.05) is 25.1 Å². The van der Waals surface area contributed by atoms with Gasteiger partial charge in [0.1, 0.15) is 0 Å². The van der Waals surface area contributed by atoms with Gasteiger partial charge in [0, 0.05) is 13.1 Å². The lowest BCUT2D eigenvalue weighted by molar-refractivity contribution is 0.0526. The van der Waals surface area contributed by atoms with Gasteiger partial charge in [-0.05, 0) is 66.8 Å². The minimum atomic E-state index is -0.255. The first-order chi connectivity index (χ1) is 13.2. The fourth-order valence-electron chi connectivity index (χ4n) is 3.97. The zero-order valence-electron chi connectivity index (χ0n) is 16.0. The summed E-state index contributed by atoms with van der Waals surface area (Å²) in [7, 11) is 2.18. The molecule has 0 unspecified atom stereocenters. The molecular formula is C24H25NO2. The molecule has 3 nitrogen and oxygen atoms in total. The van der Waals surface area contributed by atoms with Gasteiger partial charge in [-0.2, -0.15) is 0 Å². The highest BCUT2D eigenvalue weighted by Crippen LogP contribution is 2.39. The van der Waals surface area contributed by atoms with Crippen LogP contribution in [-0.4, -0.2) is 37.6 Å². The van der Waals surface area contributed by atoms with E-state index in [1.54, 1.807) is 0 Å². The van der Waals surface area contributed by atoms with Crippen LogP contribution in [0.25, 0.3) is 17.7 Å². The van der Waals surface area contributed by atoms with Crippen molar-refractivity contribution in [3.8, 4) is 0 Å².